The Balaban J connectivity index is 1.86. The Morgan fingerprint density at radius 2 is 2.22 bits per heavy atom. The Morgan fingerprint density at radius 3 is 2.78 bits per heavy atom. The third-order valence-corrected chi connectivity index (χ3v) is 4.37. The monoisotopic (exact) mass is 268 g/mol. The lowest BCUT2D eigenvalue weighted by atomic mass is 9.93. The Hall–Kier alpha value is -1.01. The second kappa shape index (κ2) is 6.24. The molecule has 1 aromatic rings. The highest BCUT2D eigenvalue weighted by atomic mass is 32.1. The first kappa shape index (κ1) is 13.4. The molecule has 0 spiro atoms. The molecule has 0 aliphatic carbocycles. The number of amides is 1. The van der Waals surface area contributed by atoms with Crippen LogP contribution in [0.1, 0.15) is 34.6 Å². The van der Waals surface area contributed by atoms with Crippen molar-refractivity contribution in [3.05, 3.63) is 10.6 Å². The van der Waals surface area contributed by atoms with Crippen molar-refractivity contribution in [2.24, 2.45) is 5.92 Å². The summed E-state index contributed by atoms with van der Waals surface area (Å²) in [5.74, 6) is 0.858. The number of hydrogen-bond donors (Lipinski definition) is 1. The van der Waals surface area contributed by atoms with E-state index in [2.05, 4.69) is 14.9 Å². The van der Waals surface area contributed by atoms with Crippen LogP contribution in [0.15, 0.2) is 0 Å². The minimum atomic E-state index is 0.106. The van der Waals surface area contributed by atoms with Crippen molar-refractivity contribution in [3.8, 4) is 0 Å². The number of piperidine rings is 1. The largest absolute Gasteiger partial charge is 0.338 e. The number of carbonyl (C=O) groups excluding carboxylic acids is 1. The molecule has 0 atom stereocenters. The maximum atomic E-state index is 12.2. The summed E-state index contributed by atoms with van der Waals surface area (Å²) in [6, 6.07) is 0. The SMILES string of the molecule is CNCCC1CCN(C(=O)c2snnc2C)CC1. The zero-order valence-electron chi connectivity index (χ0n) is 11.0. The van der Waals surface area contributed by atoms with Crippen LogP contribution in [0.3, 0.4) is 0 Å². The number of aryl methyl sites for hydroxylation is 1. The lowest BCUT2D eigenvalue weighted by Crippen LogP contribution is -2.38. The van der Waals surface area contributed by atoms with E-state index in [0.29, 0.717) is 4.88 Å². The van der Waals surface area contributed by atoms with Gasteiger partial charge >= 0.3 is 0 Å². The number of rotatable bonds is 4. The summed E-state index contributed by atoms with van der Waals surface area (Å²) in [7, 11) is 1.98. The number of aromatic nitrogens is 2. The van der Waals surface area contributed by atoms with E-state index >= 15 is 0 Å². The van der Waals surface area contributed by atoms with Crippen LogP contribution in [-0.4, -0.2) is 47.1 Å². The number of hydrogen-bond acceptors (Lipinski definition) is 5. The third-order valence-electron chi connectivity index (χ3n) is 3.55. The smallest absolute Gasteiger partial charge is 0.267 e. The number of likely N-dealkylation sites (tertiary alicyclic amines) is 1. The molecule has 1 aromatic heterocycles. The number of nitrogens with zero attached hydrogens (tertiary/aromatic N) is 3. The molecular weight excluding hydrogens is 248 g/mol. The van der Waals surface area contributed by atoms with E-state index in [1.807, 2.05) is 18.9 Å². The molecule has 2 heterocycles. The minimum absolute atomic E-state index is 0.106. The molecule has 2 rings (SSSR count). The summed E-state index contributed by atoms with van der Waals surface area (Å²) in [5.41, 5.74) is 0.752. The molecule has 6 heteroatoms. The van der Waals surface area contributed by atoms with E-state index < -0.39 is 0 Å². The molecule has 1 saturated heterocycles. The van der Waals surface area contributed by atoms with Crippen LogP contribution in [0.2, 0.25) is 0 Å². The lowest BCUT2D eigenvalue weighted by molar-refractivity contribution is 0.0691. The zero-order valence-corrected chi connectivity index (χ0v) is 11.8. The van der Waals surface area contributed by atoms with Crippen LogP contribution in [-0.2, 0) is 0 Å². The highest BCUT2D eigenvalue weighted by Crippen LogP contribution is 2.22. The quantitative estimate of drug-likeness (QED) is 0.894. The second-order valence-corrected chi connectivity index (χ2v) is 5.57. The highest BCUT2D eigenvalue weighted by molar-refractivity contribution is 7.07. The first-order valence-electron chi connectivity index (χ1n) is 6.45. The summed E-state index contributed by atoms with van der Waals surface area (Å²) in [6.07, 6.45) is 3.43. The van der Waals surface area contributed by atoms with Gasteiger partial charge in [0, 0.05) is 13.1 Å². The fraction of sp³-hybridized carbons (Fsp3) is 0.750. The Bertz CT molecular complexity index is 399. The molecule has 5 nitrogen and oxygen atoms in total. The van der Waals surface area contributed by atoms with E-state index in [4.69, 9.17) is 0 Å². The lowest BCUT2D eigenvalue weighted by Gasteiger charge is -2.31. The first-order valence-corrected chi connectivity index (χ1v) is 7.22. The van der Waals surface area contributed by atoms with E-state index in [0.717, 1.165) is 44.1 Å². The molecule has 0 unspecified atom stereocenters. The van der Waals surface area contributed by atoms with Gasteiger partial charge in [-0.05, 0) is 57.2 Å². The molecule has 0 radical (unpaired) electrons. The normalized spacial score (nSPS) is 17.1. The fourth-order valence-corrected chi connectivity index (χ4v) is 2.97. The Morgan fingerprint density at radius 1 is 1.50 bits per heavy atom. The zero-order chi connectivity index (χ0) is 13.0. The molecular formula is C12H20N4OS. The van der Waals surface area contributed by atoms with Gasteiger partial charge in [0.15, 0.2) is 0 Å². The fourth-order valence-electron chi connectivity index (χ4n) is 2.34. The standard InChI is InChI=1S/C12H20N4OS/c1-9-11(18-15-14-9)12(17)16-7-4-10(5-8-16)3-6-13-2/h10,13H,3-8H2,1-2H3. The third kappa shape index (κ3) is 3.05. The van der Waals surface area contributed by atoms with Crippen LogP contribution >= 0.6 is 11.5 Å². The maximum absolute atomic E-state index is 12.2. The molecule has 0 aromatic carbocycles. The van der Waals surface area contributed by atoms with Gasteiger partial charge in [-0.2, -0.15) is 0 Å². The van der Waals surface area contributed by atoms with Gasteiger partial charge in [0.05, 0.1) is 5.69 Å². The van der Waals surface area contributed by atoms with Crippen molar-refractivity contribution in [3.63, 3.8) is 0 Å². The topological polar surface area (TPSA) is 58.1 Å². The van der Waals surface area contributed by atoms with E-state index in [-0.39, 0.29) is 5.91 Å². The van der Waals surface area contributed by atoms with Crippen LogP contribution in [0, 0.1) is 12.8 Å². The van der Waals surface area contributed by atoms with Crippen molar-refractivity contribution in [2.45, 2.75) is 26.2 Å². The van der Waals surface area contributed by atoms with Crippen molar-refractivity contribution >= 4 is 17.4 Å². The Labute approximate surface area is 112 Å². The van der Waals surface area contributed by atoms with E-state index in [1.165, 1.54) is 18.0 Å². The molecule has 18 heavy (non-hydrogen) atoms. The van der Waals surface area contributed by atoms with Crippen molar-refractivity contribution in [2.75, 3.05) is 26.7 Å². The summed E-state index contributed by atoms with van der Waals surface area (Å²) < 4.78 is 3.83. The predicted octanol–water partition coefficient (Wildman–Crippen LogP) is 1.31. The summed E-state index contributed by atoms with van der Waals surface area (Å²) >= 11 is 1.20. The molecule has 1 N–H and O–H groups in total. The molecule has 1 aliphatic rings. The maximum Gasteiger partial charge on any atom is 0.267 e. The molecule has 0 bridgehead atoms. The van der Waals surface area contributed by atoms with Crippen molar-refractivity contribution in [1.82, 2.24) is 19.8 Å². The molecule has 1 fully saturated rings. The van der Waals surface area contributed by atoms with Crippen LogP contribution in [0.5, 0.6) is 0 Å². The van der Waals surface area contributed by atoms with Crippen LogP contribution in [0.4, 0.5) is 0 Å². The van der Waals surface area contributed by atoms with E-state index in [9.17, 15) is 4.79 Å². The highest BCUT2D eigenvalue weighted by Gasteiger charge is 2.25. The molecule has 1 aliphatic heterocycles. The van der Waals surface area contributed by atoms with Crippen molar-refractivity contribution < 1.29 is 4.79 Å². The van der Waals surface area contributed by atoms with Gasteiger partial charge < -0.3 is 10.2 Å². The average molecular weight is 268 g/mol. The number of nitrogens with one attached hydrogen (secondary N) is 1. The van der Waals surface area contributed by atoms with Gasteiger partial charge in [-0.15, -0.1) is 5.10 Å². The summed E-state index contributed by atoms with van der Waals surface area (Å²) in [4.78, 5) is 14.9. The van der Waals surface area contributed by atoms with Gasteiger partial charge in [-0.25, -0.2) is 0 Å². The Kier molecular flexibility index (Phi) is 4.66. The molecule has 1 amide bonds. The average Bonchev–Trinajstić information content (AvgIpc) is 2.82. The van der Waals surface area contributed by atoms with Crippen LogP contribution < -0.4 is 5.32 Å². The molecule has 0 saturated carbocycles. The second-order valence-electron chi connectivity index (χ2n) is 4.82. The summed E-state index contributed by atoms with van der Waals surface area (Å²) in [6.45, 7) is 4.64. The van der Waals surface area contributed by atoms with Gasteiger partial charge in [-0.3, -0.25) is 4.79 Å². The van der Waals surface area contributed by atoms with Crippen LogP contribution in [0.25, 0.3) is 0 Å². The number of carbonyl (C=O) groups is 1. The summed E-state index contributed by atoms with van der Waals surface area (Å²) in [5, 5.41) is 7.08. The molecule has 100 valence electrons. The van der Waals surface area contributed by atoms with Gasteiger partial charge in [0.25, 0.3) is 5.91 Å². The van der Waals surface area contributed by atoms with Gasteiger partial charge in [-0.1, -0.05) is 4.49 Å². The van der Waals surface area contributed by atoms with E-state index in [1.54, 1.807) is 0 Å². The van der Waals surface area contributed by atoms with Crippen molar-refractivity contribution in [1.29, 1.82) is 0 Å². The first-order chi connectivity index (χ1) is 8.72. The minimum Gasteiger partial charge on any atom is -0.338 e. The van der Waals surface area contributed by atoms with Gasteiger partial charge in [0.2, 0.25) is 0 Å². The van der Waals surface area contributed by atoms with Gasteiger partial charge in [0.1, 0.15) is 4.88 Å². The predicted molar refractivity (Wildman–Crippen MR) is 71.8 cm³/mol.